The van der Waals surface area contributed by atoms with E-state index in [0.29, 0.717) is 71.8 Å². The summed E-state index contributed by atoms with van der Waals surface area (Å²) in [6.45, 7) is 11.8. The molecule has 1 saturated heterocycles. The van der Waals surface area contributed by atoms with E-state index in [1.54, 1.807) is 71.0 Å². The number of para-hydroxylation sites is 2. The van der Waals surface area contributed by atoms with Crippen LogP contribution in [0, 0.1) is 6.92 Å². The predicted octanol–water partition coefficient (Wildman–Crippen LogP) is 8.00. The number of nitrogens with one attached hydrogen (secondary N) is 1. The molecule has 1 aromatic heterocycles. The number of carbonyl (C=O) groups is 3. The second-order valence-electron chi connectivity index (χ2n) is 14.0. The van der Waals surface area contributed by atoms with E-state index in [1.165, 1.54) is 0 Å². The molecular formula is C42H46N4O7S. The van der Waals surface area contributed by atoms with E-state index in [9.17, 15) is 18.6 Å². The number of benzene rings is 4. The molecule has 11 nitrogen and oxygen atoms in total. The monoisotopic (exact) mass is 750 g/mol. The maximum Gasteiger partial charge on any atom is 0.412 e. The Bertz CT molecular complexity index is 2140. The molecule has 1 fully saturated rings. The summed E-state index contributed by atoms with van der Waals surface area (Å²) < 4.78 is 32.9. The summed E-state index contributed by atoms with van der Waals surface area (Å²) in [5.41, 5.74) is 4.47. The van der Waals surface area contributed by atoms with Gasteiger partial charge in [0, 0.05) is 54.9 Å². The average Bonchev–Trinajstić information content (AvgIpc) is 3.50. The molecule has 1 aliphatic rings. The van der Waals surface area contributed by atoms with Crippen LogP contribution in [-0.4, -0.2) is 72.0 Å². The minimum atomic E-state index is -1.63. The number of hydrogen-bond acceptors (Lipinski definition) is 8. The number of ether oxygens (including phenoxy) is 2. The Morgan fingerprint density at radius 2 is 1.57 bits per heavy atom. The molecule has 0 spiro atoms. The molecule has 1 atom stereocenters. The zero-order chi connectivity index (χ0) is 38.4. The molecule has 1 N–H and O–H groups in total. The SMILES string of the molecule is CCOC(=O)c1oc2ccc(S(=O)N(CCc3ccccc3)c3ccccc3N3CCN(C(=O)c4ccc(NC(=O)OC(C)(C)C)cc4)CC3)cc2c1C. The number of rotatable bonds is 11. The number of aryl methyl sites for hydroxylation is 1. The Kier molecular flexibility index (Phi) is 11.7. The summed E-state index contributed by atoms with van der Waals surface area (Å²) in [6, 6.07) is 30.2. The molecule has 0 bridgehead atoms. The Labute approximate surface area is 318 Å². The molecule has 5 aromatic rings. The normalized spacial score (nSPS) is 13.7. The zero-order valence-corrected chi connectivity index (χ0v) is 32.1. The summed E-state index contributed by atoms with van der Waals surface area (Å²) in [6.07, 6.45) is 0.106. The average molecular weight is 751 g/mol. The van der Waals surface area contributed by atoms with Crippen LogP contribution in [0.25, 0.3) is 11.0 Å². The summed E-state index contributed by atoms with van der Waals surface area (Å²) in [5, 5.41) is 3.40. The molecule has 0 radical (unpaired) electrons. The van der Waals surface area contributed by atoms with Crippen LogP contribution in [-0.2, 0) is 26.9 Å². The number of amides is 2. The van der Waals surface area contributed by atoms with Crippen molar-refractivity contribution in [2.45, 2.75) is 51.5 Å². The topological polar surface area (TPSA) is 122 Å². The minimum absolute atomic E-state index is 0.0895. The minimum Gasteiger partial charge on any atom is -0.460 e. The molecule has 4 aromatic carbocycles. The van der Waals surface area contributed by atoms with Crippen molar-refractivity contribution in [3.63, 3.8) is 0 Å². The fraction of sp³-hybridized carbons (Fsp3) is 0.310. The Morgan fingerprint density at radius 1 is 0.889 bits per heavy atom. The van der Waals surface area contributed by atoms with Crippen LogP contribution in [0.3, 0.4) is 0 Å². The lowest BCUT2D eigenvalue weighted by Crippen LogP contribution is -2.49. The first-order valence-corrected chi connectivity index (χ1v) is 19.2. The first-order valence-electron chi connectivity index (χ1n) is 18.1. The number of nitrogens with zero attached hydrogens (tertiary/aromatic N) is 3. The van der Waals surface area contributed by atoms with Crippen LogP contribution < -0.4 is 14.5 Å². The molecule has 282 valence electrons. The van der Waals surface area contributed by atoms with Gasteiger partial charge in [-0.2, -0.15) is 0 Å². The fourth-order valence-corrected chi connectivity index (χ4v) is 7.64. The van der Waals surface area contributed by atoms with Gasteiger partial charge in [-0.15, -0.1) is 0 Å². The van der Waals surface area contributed by atoms with Crippen molar-refractivity contribution >= 4 is 57.0 Å². The van der Waals surface area contributed by atoms with Crippen LogP contribution in [0.5, 0.6) is 0 Å². The number of furan rings is 1. The van der Waals surface area contributed by atoms with E-state index in [4.69, 9.17) is 13.9 Å². The van der Waals surface area contributed by atoms with Gasteiger partial charge in [0.05, 0.1) is 22.9 Å². The highest BCUT2D eigenvalue weighted by Gasteiger charge is 2.28. The summed E-state index contributed by atoms with van der Waals surface area (Å²) in [7, 11) is -1.63. The number of fused-ring (bicyclic) bond motifs is 1. The lowest BCUT2D eigenvalue weighted by molar-refractivity contribution is 0.0490. The van der Waals surface area contributed by atoms with Gasteiger partial charge in [0.2, 0.25) is 5.76 Å². The van der Waals surface area contributed by atoms with E-state index in [0.717, 1.165) is 16.9 Å². The second kappa shape index (κ2) is 16.6. The highest BCUT2D eigenvalue weighted by molar-refractivity contribution is 7.86. The summed E-state index contributed by atoms with van der Waals surface area (Å²) in [5.74, 6) is -0.473. The van der Waals surface area contributed by atoms with Gasteiger partial charge in [0.15, 0.2) is 11.0 Å². The molecule has 6 rings (SSSR count). The molecule has 54 heavy (non-hydrogen) atoms. The maximum absolute atomic E-state index is 14.7. The lowest BCUT2D eigenvalue weighted by Gasteiger charge is -2.38. The molecule has 0 saturated carbocycles. The first-order chi connectivity index (χ1) is 25.9. The molecule has 0 aliphatic carbocycles. The van der Waals surface area contributed by atoms with Crippen molar-refractivity contribution in [1.82, 2.24) is 4.90 Å². The predicted molar refractivity (Wildman–Crippen MR) is 212 cm³/mol. The molecular weight excluding hydrogens is 705 g/mol. The number of esters is 1. The van der Waals surface area contributed by atoms with Gasteiger partial charge in [-0.1, -0.05) is 42.5 Å². The number of hydrogen-bond donors (Lipinski definition) is 1. The third-order valence-corrected chi connectivity index (χ3v) is 10.5. The first kappa shape index (κ1) is 38.1. The number of piperazine rings is 1. The van der Waals surface area contributed by atoms with E-state index >= 15 is 0 Å². The smallest absolute Gasteiger partial charge is 0.412 e. The standard InChI is InChI=1S/C42H46N4O7S/c1-6-51-40(48)38-29(2)34-28-33(20-21-37(34)52-38)54(50)46(23-22-30-12-8-7-9-13-30)36-15-11-10-14-35(36)44-24-26-45(27-25-44)39(47)31-16-18-32(19-17-31)43-41(49)53-42(3,4)5/h7-21,28H,6,22-27H2,1-5H3,(H,43,49). The molecule has 1 unspecified atom stereocenters. The van der Waals surface area contributed by atoms with Gasteiger partial charge in [-0.05, 0) is 101 Å². The highest BCUT2D eigenvalue weighted by atomic mass is 32.2. The van der Waals surface area contributed by atoms with Gasteiger partial charge in [-0.25, -0.2) is 13.8 Å². The van der Waals surface area contributed by atoms with Gasteiger partial charge >= 0.3 is 12.1 Å². The van der Waals surface area contributed by atoms with Gasteiger partial charge < -0.3 is 23.7 Å². The third kappa shape index (κ3) is 8.94. The van der Waals surface area contributed by atoms with Crippen molar-refractivity contribution in [3.8, 4) is 0 Å². The third-order valence-electron chi connectivity index (χ3n) is 9.05. The van der Waals surface area contributed by atoms with Crippen LogP contribution in [0.2, 0.25) is 0 Å². The molecule has 12 heteroatoms. The van der Waals surface area contributed by atoms with Crippen molar-refractivity contribution in [2.75, 3.05) is 53.9 Å². The van der Waals surface area contributed by atoms with Crippen LogP contribution in [0.1, 0.15) is 59.7 Å². The number of carbonyl (C=O) groups excluding carboxylic acids is 3. The van der Waals surface area contributed by atoms with Crippen LogP contribution >= 0.6 is 0 Å². The van der Waals surface area contributed by atoms with E-state index < -0.39 is 28.6 Å². The van der Waals surface area contributed by atoms with Crippen molar-refractivity contribution in [2.24, 2.45) is 0 Å². The molecule has 1 aliphatic heterocycles. The summed E-state index contributed by atoms with van der Waals surface area (Å²) in [4.78, 5) is 42.8. The van der Waals surface area contributed by atoms with Gasteiger partial charge in [0.1, 0.15) is 11.2 Å². The van der Waals surface area contributed by atoms with Crippen molar-refractivity contribution in [1.29, 1.82) is 0 Å². The van der Waals surface area contributed by atoms with E-state index in [-0.39, 0.29) is 18.3 Å². The van der Waals surface area contributed by atoms with Gasteiger partial charge in [-0.3, -0.25) is 14.4 Å². The lowest BCUT2D eigenvalue weighted by atomic mass is 10.1. The second-order valence-corrected chi connectivity index (χ2v) is 15.4. The quantitative estimate of drug-likeness (QED) is 0.135. The Morgan fingerprint density at radius 3 is 2.26 bits per heavy atom. The number of anilines is 3. The highest BCUT2D eigenvalue weighted by Crippen LogP contribution is 2.35. The zero-order valence-electron chi connectivity index (χ0n) is 31.3. The van der Waals surface area contributed by atoms with Gasteiger partial charge in [0.25, 0.3) is 5.91 Å². The van der Waals surface area contributed by atoms with E-state index in [2.05, 4.69) is 22.3 Å². The fourth-order valence-electron chi connectivity index (χ4n) is 6.39. The van der Waals surface area contributed by atoms with Crippen LogP contribution in [0.15, 0.2) is 106 Å². The van der Waals surface area contributed by atoms with Crippen molar-refractivity contribution in [3.05, 3.63) is 120 Å². The van der Waals surface area contributed by atoms with E-state index in [1.807, 2.05) is 57.7 Å². The summed E-state index contributed by atoms with van der Waals surface area (Å²) >= 11 is 0. The van der Waals surface area contributed by atoms with Crippen molar-refractivity contribution < 1.29 is 32.5 Å². The molecule has 2 amide bonds. The Balaban J connectivity index is 1.20. The maximum atomic E-state index is 14.7. The largest absolute Gasteiger partial charge is 0.460 e. The van der Waals surface area contributed by atoms with Crippen LogP contribution in [0.4, 0.5) is 21.9 Å². The Hall–Kier alpha value is -5.62. The molecule has 2 heterocycles.